The summed E-state index contributed by atoms with van der Waals surface area (Å²) in [6.45, 7) is 0. The Morgan fingerprint density at radius 1 is 1.04 bits per heavy atom. The Morgan fingerprint density at radius 2 is 2.00 bits per heavy atom. The number of nitrogens with one attached hydrogen (secondary N) is 2. The van der Waals surface area contributed by atoms with Crippen LogP contribution in [-0.2, 0) is 6.42 Å². The molecule has 0 aliphatic heterocycles. The predicted octanol–water partition coefficient (Wildman–Crippen LogP) is 4.95. The normalized spacial score (nSPS) is 10.9. The molecule has 0 aliphatic carbocycles. The number of anilines is 2. The highest BCUT2D eigenvalue weighted by molar-refractivity contribution is 6.30. The lowest BCUT2D eigenvalue weighted by Crippen LogP contribution is -1.95. The maximum Gasteiger partial charge on any atom is 0.137 e. The number of rotatable bonds is 4. The minimum atomic E-state index is 0.699. The van der Waals surface area contributed by atoms with Gasteiger partial charge in [-0.05, 0) is 47.5 Å². The van der Waals surface area contributed by atoms with Crippen molar-refractivity contribution < 1.29 is 0 Å². The van der Waals surface area contributed by atoms with Crippen LogP contribution in [0.5, 0.6) is 0 Å². The van der Waals surface area contributed by atoms with E-state index in [4.69, 9.17) is 11.6 Å². The largest absolute Gasteiger partial charge is 0.346 e. The summed E-state index contributed by atoms with van der Waals surface area (Å²) in [5.74, 6) is 0.793. The number of H-pyrrole nitrogens is 1. The molecule has 3 aromatic heterocycles. The van der Waals surface area contributed by atoms with E-state index in [1.807, 2.05) is 48.8 Å². The molecule has 3 heterocycles. The van der Waals surface area contributed by atoms with E-state index < -0.39 is 0 Å². The molecule has 24 heavy (non-hydrogen) atoms. The van der Waals surface area contributed by atoms with Gasteiger partial charge in [0, 0.05) is 41.1 Å². The Morgan fingerprint density at radius 3 is 2.83 bits per heavy atom. The van der Waals surface area contributed by atoms with Crippen molar-refractivity contribution in [1.29, 1.82) is 0 Å². The molecule has 0 unspecified atom stereocenters. The van der Waals surface area contributed by atoms with Crippen LogP contribution >= 0.6 is 11.6 Å². The van der Waals surface area contributed by atoms with Crippen molar-refractivity contribution in [3.63, 3.8) is 0 Å². The fourth-order valence-electron chi connectivity index (χ4n) is 2.70. The van der Waals surface area contributed by atoms with Gasteiger partial charge in [-0.15, -0.1) is 0 Å². The van der Waals surface area contributed by atoms with Crippen LogP contribution in [0.15, 0.2) is 67.1 Å². The molecule has 118 valence electrons. The van der Waals surface area contributed by atoms with E-state index in [9.17, 15) is 0 Å². The summed E-state index contributed by atoms with van der Waals surface area (Å²) in [5, 5.41) is 5.10. The minimum Gasteiger partial charge on any atom is -0.346 e. The monoisotopic (exact) mass is 334 g/mol. The Labute approximate surface area is 144 Å². The third kappa shape index (κ3) is 3.09. The summed E-state index contributed by atoms with van der Waals surface area (Å²) in [6, 6.07) is 15.7. The first-order chi connectivity index (χ1) is 11.8. The minimum absolute atomic E-state index is 0.699. The first-order valence-corrected chi connectivity index (χ1v) is 8.04. The number of aromatic nitrogens is 3. The highest BCUT2D eigenvalue weighted by atomic mass is 35.5. The Balaban J connectivity index is 1.51. The zero-order valence-electron chi connectivity index (χ0n) is 12.8. The molecule has 1 aromatic carbocycles. The van der Waals surface area contributed by atoms with Gasteiger partial charge in [0.15, 0.2) is 0 Å². The van der Waals surface area contributed by atoms with E-state index in [2.05, 4.69) is 32.4 Å². The van der Waals surface area contributed by atoms with Crippen LogP contribution < -0.4 is 5.32 Å². The first kappa shape index (κ1) is 14.7. The quantitative estimate of drug-likeness (QED) is 0.555. The fraction of sp³-hybridized carbons (Fsp3) is 0.0526. The van der Waals surface area contributed by atoms with Crippen molar-refractivity contribution in [1.82, 2.24) is 15.0 Å². The maximum atomic E-state index is 6.00. The van der Waals surface area contributed by atoms with Crippen LogP contribution in [0.3, 0.4) is 0 Å². The molecule has 0 bridgehead atoms. The Bertz CT molecular complexity index is 976. The van der Waals surface area contributed by atoms with Crippen molar-refractivity contribution in [3.8, 4) is 0 Å². The van der Waals surface area contributed by atoms with E-state index in [0.29, 0.717) is 5.02 Å². The average molecular weight is 335 g/mol. The molecule has 4 aromatic rings. The molecule has 0 saturated carbocycles. The van der Waals surface area contributed by atoms with Crippen molar-refractivity contribution >= 4 is 34.1 Å². The smallest absolute Gasteiger partial charge is 0.137 e. The van der Waals surface area contributed by atoms with E-state index in [1.165, 1.54) is 5.56 Å². The fourth-order valence-corrected chi connectivity index (χ4v) is 2.89. The lowest BCUT2D eigenvalue weighted by Gasteiger charge is -2.07. The molecule has 4 rings (SSSR count). The van der Waals surface area contributed by atoms with Crippen LogP contribution in [0.1, 0.15) is 11.1 Å². The second-order valence-corrected chi connectivity index (χ2v) is 6.01. The van der Waals surface area contributed by atoms with Gasteiger partial charge in [0.1, 0.15) is 11.5 Å². The molecule has 0 fully saturated rings. The Kier molecular flexibility index (Phi) is 3.89. The van der Waals surface area contributed by atoms with E-state index in [-0.39, 0.29) is 0 Å². The SMILES string of the molecule is Clc1cccc(Nc2ccc(Cc3c[nH]c4ncccc34)cn2)c1. The Hall–Kier alpha value is -2.85. The van der Waals surface area contributed by atoms with Gasteiger partial charge in [0.2, 0.25) is 0 Å². The zero-order chi connectivity index (χ0) is 16.4. The second-order valence-electron chi connectivity index (χ2n) is 5.58. The van der Waals surface area contributed by atoms with E-state index in [0.717, 1.165) is 34.5 Å². The van der Waals surface area contributed by atoms with Crippen LogP contribution in [0, 0.1) is 0 Å². The number of benzene rings is 1. The average Bonchev–Trinajstić information content (AvgIpc) is 3.00. The summed E-state index contributed by atoms with van der Waals surface area (Å²) >= 11 is 6.00. The van der Waals surface area contributed by atoms with Crippen LogP contribution in [0.4, 0.5) is 11.5 Å². The first-order valence-electron chi connectivity index (χ1n) is 7.66. The summed E-state index contributed by atoms with van der Waals surface area (Å²) in [6.07, 6.45) is 6.51. The van der Waals surface area contributed by atoms with Gasteiger partial charge in [-0.1, -0.05) is 23.7 Å². The van der Waals surface area contributed by atoms with Crippen LogP contribution in [0.25, 0.3) is 11.0 Å². The van der Waals surface area contributed by atoms with Gasteiger partial charge >= 0.3 is 0 Å². The van der Waals surface area contributed by atoms with Gasteiger partial charge in [0.25, 0.3) is 0 Å². The molecule has 0 radical (unpaired) electrons. The number of nitrogens with zero attached hydrogens (tertiary/aromatic N) is 2. The lowest BCUT2D eigenvalue weighted by atomic mass is 10.1. The topological polar surface area (TPSA) is 53.6 Å². The third-order valence-corrected chi connectivity index (χ3v) is 4.09. The molecule has 5 heteroatoms. The third-order valence-electron chi connectivity index (χ3n) is 3.85. The lowest BCUT2D eigenvalue weighted by molar-refractivity contribution is 1.15. The number of aromatic amines is 1. The van der Waals surface area contributed by atoms with Gasteiger partial charge < -0.3 is 10.3 Å². The number of fused-ring (bicyclic) bond motifs is 1. The standard InChI is InChI=1S/C19H15ClN4/c20-15-3-1-4-16(10-15)24-18-7-6-13(11-22-18)9-14-12-23-19-17(14)5-2-8-21-19/h1-8,10-12H,9H2,(H,21,23)(H,22,24). The van der Waals surface area contributed by atoms with E-state index in [1.54, 1.807) is 6.20 Å². The summed E-state index contributed by atoms with van der Waals surface area (Å²) < 4.78 is 0. The molecule has 0 aliphatic rings. The number of hydrogen-bond donors (Lipinski definition) is 2. The number of pyridine rings is 2. The molecular weight excluding hydrogens is 320 g/mol. The second kappa shape index (κ2) is 6.34. The predicted molar refractivity (Wildman–Crippen MR) is 97.9 cm³/mol. The number of halogens is 1. The van der Waals surface area contributed by atoms with Crippen molar-refractivity contribution in [2.75, 3.05) is 5.32 Å². The van der Waals surface area contributed by atoms with Crippen LogP contribution in [-0.4, -0.2) is 15.0 Å². The summed E-state index contributed by atoms with van der Waals surface area (Å²) in [4.78, 5) is 12.0. The zero-order valence-corrected chi connectivity index (χ0v) is 13.6. The molecule has 0 saturated heterocycles. The van der Waals surface area contributed by atoms with Gasteiger partial charge in [-0.3, -0.25) is 0 Å². The van der Waals surface area contributed by atoms with Crippen molar-refractivity contribution in [3.05, 3.63) is 83.3 Å². The molecule has 2 N–H and O–H groups in total. The highest BCUT2D eigenvalue weighted by Crippen LogP contribution is 2.21. The molecular formula is C19H15ClN4. The summed E-state index contributed by atoms with van der Waals surface area (Å²) in [5.41, 5.74) is 4.21. The molecule has 0 atom stereocenters. The van der Waals surface area contributed by atoms with Gasteiger partial charge in [-0.25, -0.2) is 9.97 Å². The van der Waals surface area contributed by atoms with Gasteiger partial charge in [-0.2, -0.15) is 0 Å². The van der Waals surface area contributed by atoms with Gasteiger partial charge in [0.05, 0.1) is 0 Å². The summed E-state index contributed by atoms with van der Waals surface area (Å²) in [7, 11) is 0. The van der Waals surface area contributed by atoms with Crippen LogP contribution in [0.2, 0.25) is 5.02 Å². The molecule has 0 spiro atoms. The van der Waals surface area contributed by atoms with Crippen molar-refractivity contribution in [2.24, 2.45) is 0 Å². The van der Waals surface area contributed by atoms with Crippen molar-refractivity contribution in [2.45, 2.75) is 6.42 Å². The molecule has 4 nitrogen and oxygen atoms in total. The maximum absolute atomic E-state index is 6.00. The highest BCUT2D eigenvalue weighted by Gasteiger charge is 2.05. The molecule has 0 amide bonds. The van der Waals surface area contributed by atoms with E-state index >= 15 is 0 Å². The number of hydrogen-bond acceptors (Lipinski definition) is 3.